The summed E-state index contributed by atoms with van der Waals surface area (Å²) in [6.45, 7) is 2.12. The lowest BCUT2D eigenvalue weighted by Crippen LogP contribution is -2.00. The van der Waals surface area contributed by atoms with Crippen LogP contribution in [0.2, 0.25) is 0 Å². The number of aromatic nitrogens is 3. The average molecular weight is 270 g/mol. The van der Waals surface area contributed by atoms with Crippen LogP contribution < -0.4 is 5.73 Å². The van der Waals surface area contributed by atoms with Crippen LogP contribution in [0.5, 0.6) is 0 Å². The molecule has 5 heteroatoms. The van der Waals surface area contributed by atoms with E-state index >= 15 is 0 Å². The van der Waals surface area contributed by atoms with E-state index in [1.165, 1.54) is 0 Å². The zero-order valence-corrected chi connectivity index (χ0v) is 11.4. The quantitative estimate of drug-likeness (QED) is 0.793. The molecule has 0 aliphatic rings. The average Bonchev–Trinajstić information content (AvgIpc) is 2.85. The monoisotopic (exact) mass is 270 g/mol. The maximum Gasteiger partial charge on any atom is 0.163 e. The van der Waals surface area contributed by atoms with Crippen molar-refractivity contribution in [3.8, 4) is 11.4 Å². The number of aryl methyl sites for hydroxylation is 1. The van der Waals surface area contributed by atoms with E-state index in [9.17, 15) is 0 Å². The summed E-state index contributed by atoms with van der Waals surface area (Å²) in [5.41, 5.74) is 8.76. The normalized spacial score (nSPS) is 11.0. The number of pyridine rings is 1. The van der Waals surface area contributed by atoms with Crippen molar-refractivity contribution in [1.82, 2.24) is 15.0 Å². The molecule has 0 saturated carbocycles. The molecule has 0 aliphatic heterocycles. The summed E-state index contributed by atoms with van der Waals surface area (Å²) >= 11 is 1.67. The second-order valence-corrected chi connectivity index (χ2v) is 5.33. The van der Waals surface area contributed by atoms with Gasteiger partial charge in [-0.3, -0.25) is 4.98 Å². The van der Waals surface area contributed by atoms with Crippen molar-refractivity contribution >= 4 is 27.4 Å². The fourth-order valence-corrected chi connectivity index (χ4v) is 2.78. The van der Waals surface area contributed by atoms with Crippen LogP contribution in [0.4, 0.5) is 5.82 Å². The van der Waals surface area contributed by atoms with Crippen molar-refractivity contribution in [2.75, 3.05) is 5.73 Å². The van der Waals surface area contributed by atoms with E-state index in [1.54, 1.807) is 17.5 Å². The van der Waals surface area contributed by atoms with Gasteiger partial charge in [0.1, 0.15) is 5.82 Å². The van der Waals surface area contributed by atoms with Gasteiger partial charge in [0.25, 0.3) is 0 Å². The molecule has 96 valence electrons. The second-order valence-electron chi connectivity index (χ2n) is 4.39. The number of nitrogens with two attached hydrogens (primary N) is 1. The lowest BCUT2D eigenvalue weighted by atomic mass is 10.2. The van der Waals surface area contributed by atoms with E-state index in [0.717, 1.165) is 34.3 Å². The van der Waals surface area contributed by atoms with Crippen molar-refractivity contribution in [3.05, 3.63) is 35.5 Å². The highest BCUT2D eigenvalue weighted by Gasteiger charge is 2.07. The highest BCUT2D eigenvalue weighted by Crippen LogP contribution is 2.24. The molecule has 4 nitrogen and oxygen atoms in total. The predicted octanol–water partition coefficient (Wildman–Crippen LogP) is 3.29. The van der Waals surface area contributed by atoms with Gasteiger partial charge in [-0.15, -0.1) is 11.3 Å². The molecule has 3 rings (SSSR count). The lowest BCUT2D eigenvalue weighted by molar-refractivity contribution is 0.877. The molecular weight excluding hydrogens is 256 g/mol. The number of anilines is 1. The van der Waals surface area contributed by atoms with Crippen molar-refractivity contribution in [2.45, 2.75) is 19.8 Å². The van der Waals surface area contributed by atoms with Crippen molar-refractivity contribution < 1.29 is 0 Å². The fraction of sp³-hybridized carbons (Fsp3) is 0.214. The van der Waals surface area contributed by atoms with Crippen molar-refractivity contribution in [2.24, 2.45) is 0 Å². The Morgan fingerprint density at radius 2 is 2.16 bits per heavy atom. The Morgan fingerprint density at radius 3 is 3.00 bits per heavy atom. The molecule has 0 radical (unpaired) electrons. The third-order valence-corrected chi connectivity index (χ3v) is 3.72. The minimum Gasteiger partial charge on any atom is -0.384 e. The minimum absolute atomic E-state index is 0.514. The Kier molecular flexibility index (Phi) is 3.13. The van der Waals surface area contributed by atoms with Crippen LogP contribution in [-0.4, -0.2) is 15.0 Å². The van der Waals surface area contributed by atoms with Gasteiger partial charge in [-0.05, 0) is 23.9 Å². The van der Waals surface area contributed by atoms with E-state index in [2.05, 4.69) is 27.9 Å². The summed E-state index contributed by atoms with van der Waals surface area (Å²) < 4.78 is 1.14. The lowest BCUT2D eigenvalue weighted by Gasteiger charge is -2.05. The number of nitrogens with zero attached hydrogens (tertiary/aromatic N) is 3. The molecule has 0 aromatic carbocycles. The molecule has 0 spiro atoms. The van der Waals surface area contributed by atoms with Gasteiger partial charge in [-0.2, -0.15) is 0 Å². The number of thiophene rings is 1. The fourth-order valence-electron chi connectivity index (χ4n) is 2.00. The number of nitrogen functional groups attached to an aromatic ring is 1. The first kappa shape index (κ1) is 12.0. The van der Waals surface area contributed by atoms with E-state index in [4.69, 9.17) is 5.73 Å². The summed E-state index contributed by atoms with van der Waals surface area (Å²) in [4.78, 5) is 13.3. The van der Waals surface area contributed by atoms with Crippen LogP contribution in [0.3, 0.4) is 0 Å². The maximum atomic E-state index is 5.85. The molecule has 0 bridgehead atoms. The van der Waals surface area contributed by atoms with Crippen LogP contribution in [0.15, 0.2) is 29.8 Å². The van der Waals surface area contributed by atoms with Crippen molar-refractivity contribution in [3.63, 3.8) is 0 Å². The van der Waals surface area contributed by atoms with Gasteiger partial charge in [-0.1, -0.05) is 13.3 Å². The largest absolute Gasteiger partial charge is 0.384 e. The molecule has 3 aromatic heterocycles. The van der Waals surface area contributed by atoms with E-state index in [-0.39, 0.29) is 0 Å². The highest BCUT2D eigenvalue weighted by atomic mass is 32.1. The van der Waals surface area contributed by atoms with Gasteiger partial charge in [0.2, 0.25) is 0 Å². The van der Waals surface area contributed by atoms with Gasteiger partial charge in [0.05, 0.1) is 10.2 Å². The molecule has 0 amide bonds. The highest BCUT2D eigenvalue weighted by molar-refractivity contribution is 7.17. The van der Waals surface area contributed by atoms with Gasteiger partial charge in [-0.25, -0.2) is 9.97 Å². The smallest absolute Gasteiger partial charge is 0.163 e. The first-order valence-corrected chi connectivity index (χ1v) is 7.11. The summed E-state index contributed by atoms with van der Waals surface area (Å²) in [5, 5.41) is 2.03. The van der Waals surface area contributed by atoms with Gasteiger partial charge in [0.15, 0.2) is 5.82 Å². The van der Waals surface area contributed by atoms with Crippen LogP contribution in [0, 0.1) is 0 Å². The van der Waals surface area contributed by atoms with E-state index in [1.807, 2.05) is 17.5 Å². The number of rotatable bonds is 3. The molecule has 0 aliphatic carbocycles. The molecule has 0 fully saturated rings. The minimum atomic E-state index is 0.514. The summed E-state index contributed by atoms with van der Waals surface area (Å²) in [7, 11) is 0. The van der Waals surface area contributed by atoms with Crippen LogP contribution in [0.25, 0.3) is 21.6 Å². The van der Waals surface area contributed by atoms with Gasteiger partial charge < -0.3 is 5.73 Å². The summed E-state index contributed by atoms with van der Waals surface area (Å²) in [6.07, 6.45) is 3.76. The topological polar surface area (TPSA) is 64.7 Å². The van der Waals surface area contributed by atoms with Gasteiger partial charge >= 0.3 is 0 Å². The Hall–Kier alpha value is -2.01. The van der Waals surface area contributed by atoms with Crippen LogP contribution in [0.1, 0.15) is 19.0 Å². The predicted molar refractivity (Wildman–Crippen MR) is 79.1 cm³/mol. The zero-order chi connectivity index (χ0) is 13.2. The number of fused-ring (bicyclic) bond motifs is 1. The molecule has 2 N–H and O–H groups in total. The number of hydrogen-bond acceptors (Lipinski definition) is 5. The first-order valence-electron chi connectivity index (χ1n) is 6.23. The molecule has 0 atom stereocenters. The molecule has 19 heavy (non-hydrogen) atoms. The molecule has 0 saturated heterocycles. The Bertz CT molecular complexity index is 720. The maximum absolute atomic E-state index is 5.85. The first-order chi connectivity index (χ1) is 9.26. The SMILES string of the molecule is CCCc1cc(N)nc(-c2cnc3ccsc3c2)n1. The Labute approximate surface area is 115 Å². The third-order valence-electron chi connectivity index (χ3n) is 2.87. The van der Waals surface area contributed by atoms with Crippen LogP contribution in [-0.2, 0) is 6.42 Å². The zero-order valence-electron chi connectivity index (χ0n) is 10.6. The van der Waals surface area contributed by atoms with E-state index in [0.29, 0.717) is 11.6 Å². The third kappa shape index (κ3) is 2.42. The van der Waals surface area contributed by atoms with Crippen molar-refractivity contribution in [1.29, 1.82) is 0 Å². The summed E-state index contributed by atoms with van der Waals surface area (Å²) in [6, 6.07) is 5.91. The molecular formula is C14H14N4S. The number of hydrogen-bond donors (Lipinski definition) is 1. The molecule has 3 heterocycles. The van der Waals surface area contributed by atoms with E-state index < -0.39 is 0 Å². The van der Waals surface area contributed by atoms with Crippen LogP contribution >= 0.6 is 11.3 Å². The second kappa shape index (κ2) is 4.93. The summed E-state index contributed by atoms with van der Waals surface area (Å²) in [5.74, 6) is 1.17. The van der Waals surface area contributed by atoms with Gasteiger partial charge in [0, 0.05) is 23.5 Å². The Balaban J connectivity index is 2.09. The molecule has 0 unspecified atom stereocenters. The standard InChI is InChI=1S/C14H14N4S/c1-2-3-10-7-13(15)18-14(17-10)9-6-12-11(16-8-9)4-5-19-12/h4-8H,2-3H2,1H3,(H2,15,17,18). The Morgan fingerprint density at radius 1 is 1.26 bits per heavy atom. The molecule has 3 aromatic rings.